The summed E-state index contributed by atoms with van der Waals surface area (Å²) < 4.78 is 5.08. The van der Waals surface area contributed by atoms with Crippen LogP contribution >= 0.6 is 0 Å². The van der Waals surface area contributed by atoms with Gasteiger partial charge in [-0.15, -0.1) is 0 Å². The van der Waals surface area contributed by atoms with Gasteiger partial charge in [0, 0.05) is 11.4 Å². The van der Waals surface area contributed by atoms with Gasteiger partial charge in [0.25, 0.3) is 11.5 Å². The van der Waals surface area contributed by atoms with Gasteiger partial charge in [-0.2, -0.15) is 5.10 Å². The van der Waals surface area contributed by atoms with Gasteiger partial charge in [0.05, 0.1) is 5.39 Å². The normalized spacial score (nSPS) is 20.2. The summed E-state index contributed by atoms with van der Waals surface area (Å²) >= 11 is 0. The molecule has 0 unspecified atom stereocenters. The number of esters is 1. The van der Waals surface area contributed by atoms with E-state index in [-0.39, 0.29) is 29.8 Å². The van der Waals surface area contributed by atoms with Crippen molar-refractivity contribution in [2.24, 2.45) is 5.92 Å². The Morgan fingerprint density at radius 2 is 1.96 bits per heavy atom. The molecule has 1 aromatic heterocycles. The molecule has 1 amide bonds. The number of carbonyl (C=O) groups excluding carboxylic acids is 2. The van der Waals surface area contributed by atoms with Crippen LogP contribution in [0.5, 0.6) is 0 Å². The molecule has 0 spiro atoms. The predicted octanol–water partition coefficient (Wildman–Crippen LogP) is 1.77. The Hall–Kier alpha value is -2.70. The molecule has 1 aromatic carbocycles. The van der Waals surface area contributed by atoms with Crippen molar-refractivity contribution < 1.29 is 14.3 Å². The summed E-state index contributed by atoms with van der Waals surface area (Å²) in [6.45, 7) is 1.75. The van der Waals surface area contributed by atoms with E-state index in [9.17, 15) is 14.4 Å². The number of H-pyrrole nitrogens is 1. The number of nitrogens with one attached hydrogen (secondary N) is 2. The van der Waals surface area contributed by atoms with E-state index < -0.39 is 5.97 Å². The van der Waals surface area contributed by atoms with E-state index in [1.165, 1.54) is 6.42 Å². The Labute approximate surface area is 144 Å². The highest BCUT2D eigenvalue weighted by molar-refractivity contribution is 6.02. The largest absolute Gasteiger partial charge is 0.451 e. The maximum absolute atomic E-state index is 12.2. The number of hydrogen-bond acceptors (Lipinski definition) is 5. The molecule has 0 bridgehead atoms. The Kier molecular flexibility index (Phi) is 5.11. The number of rotatable bonds is 4. The average Bonchev–Trinajstić information content (AvgIpc) is 2.62. The highest BCUT2D eigenvalue weighted by atomic mass is 16.5. The van der Waals surface area contributed by atoms with Gasteiger partial charge in [-0.3, -0.25) is 9.59 Å². The summed E-state index contributed by atoms with van der Waals surface area (Å²) in [6, 6.07) is 6.76. The maximum Gasteiger partial charge on any atom is 0.359 e. The lowest BCUT2D eigenvalue weighted by atomic mass is 9.86. The molecule has 1 saturated carbocycles. The first-order chi connectivity index (χ1) is 12.1. The van der Waals surface area contributed by atoms with E-state index in [0.717, 1.165) is 19.3 Å². The van der Waals surface area contributed by atoms with Crippen molar-refractivity contribution in [1.82, 2.24) is 15.5 Å². The van der Waals surface area contributed by atoms with Gasteiger partial charge in [-0.25, -0.2) is 9.89 Å². The van der Waals surface area contributed by atoms with E-state index >= 15 is 0 Å². The number of ether oxygens (including phenoxy) is 1. The van der Waals surface area contributed by atoms with Crippen LogP contribution in [0.25, 0.3) is 10.8 Å². The summed E-state index contributed by atoms with van der Waals surface area (Å²) in [5, 5.41) is 9.72. The second-order valence-corrected chi connectivity index (χ2v) is 6.46. The summed E-state index contributed by atoms with van der Waals surface area (Å²) in [6.07, 6.45) is 4.33. The topological polar surface area (TPSA) is 101 Å². The van der Waals surface area contributed by atoms with Gasteiger partial charge in [-0.1, -0.05) is 38.0 Å². The second kappa shape index (κ2) is 7.46. The summed E-state index contributed by atoms with van der Waals surface area (Å²) in [5.74, 6) is -0.627. The van der Waals surface area contributed by atoms with Crippen LogP contribution in [0.1, 0.15) is 43.1 Å². The first-order valence-corrected chi connectivity index (χ1v) is 8.50. The molecule has 2 aromatic rings. The molecule has 7 heteroatoms. The lowest BCUT2D eigenvalue weighted by Crippen LogP contribution is -2.42. The maximum atomic E-state index is 12.2. The molecule has 2 atom stereocenters. The Morgan fingerprint density at radius 1 is 1.24 bits per heavy atom. The zero-order chi connectivity index (χ0) is 17.8. The molecule has 7 nitrogen and oxygen atoms in total. The Balaban J connectivity index is 1.64. The van der Waals surface area contributed by atoms with Gasteiger partial charge in [0.2, 0.25) is 0 Å². The zero-order valence-corrected chi connectivity index (χ0v) is 14.1. The van der Waals surface area contributed by atoms with E-state index in [1.54, 1.807) is 24.3 Å². The van der Waals surface area contributed by atoms with Crippen LogP contribution in [0.15, 0.2) is 29.1 Å². The lowest BCUT2D eigenvalue weighted by Gasteiger charge is -2.29. The molecule has 1 aliphatic carbocycles. The molecule has 1 aliphatic rings. The van der Waals surface area contributed by atoms with Crippen LogP contribution < -0.4 is 10.9 Å². The smallest absolute Gasteiger partial charge is 0.359 e. The number of aromatic amines is 1. The first kappa shape index (κ1) is 17.1. The third-order valence-electron chi connectivity index (χ3n) is 4.68. The molecule has 1 fully saturated rings. The molecule has 0 saturated heterocycles. The number of nitrogens with zero attached hydrogens (tertiary/aromatic N) is 1. The van der Waals surface area contributed by atoms with Crippen LogP contribution in [0.4, 0.5) is 0 Å². The number of fused-ring (bicyclic) bond motifs is 1. The summed E-state index contributed by atoms with van der Waals surface area (Å²) in [7, 11) is 0. The van der Waals surface area contributed by atoms with Crippen molar-refractivity contribution in [3.63, 3.8) is 0 Å². The SMILES string of the molecule is C[C@@H]1CCCC[C@H]1NC(=O)COC(=O)c1n[nH]c(=O)c2ccccc12. The van der Waals surface area contributed by atoms with E-state index in [0.29, 0.717) is 16.7 Å². The molecule has 3 rings (SSSR count). The van der Waals surface area contributed by atoms with Gasteiger partial charge in [0.1, 0.15) is 0 Å². The van der Waals surface area contributed by atoms with Crippen LogP contribution in [-0.2, 0) is 9.53 Å². The summed E-state index contributed by atoms with van der Waals surface area (Å²) in [5.41, 5.74) is -0.384. The number of hydrogen-bond donors (Lipinski definition) is 2. The fourth-order valence-electron chi connectivity index (χ4n) is 3.25. The highest BCUT2D eigenvalue weighted by Gasteiger charge is 2.23. The Bertz CT molecular complexity index is 846. The first-order valence-electron chi connectivity index (χ1n) is 8.50. The van der Waals surface area contributed by atoms with Gasteiger partial charge >= 0.3 is 5.97 Å². The van der Waals surface area contributed by atoms with Crippen LogP contribution in [0, 0.1) is 5.92 Å². The van der Waals surface area contributed by atoms with Crippen LogP contribution in [0.3, 0.4) is 0 Å². The minimum Gasteiger partial charge on any atom is -0.451 e. The van der Waals surface area contributed by atoms with E-state index in [2.05, 4.69) is 22.4 Å². The van der Waals surface area contributed by atoms with Crippen LogP contribution in [-0.4, -0.2) is 34.7 Å². The molecule has 25 heavy (non-hydrogen) atoms. The molecule has 1 heterocycles. The van der Waals surface area contributed by atoms with Crippen molar-refractivity contribution in [2.75, 3.05) is 6.61 Å². The number of benzene rings is 1. The van der Waals surface area contributed by atoms with Crippen molar-refractivity contribution in [3.8, 4) is 0 Å². The molecular weight excluding hydrogens is 322 g/mol. The minimum absolute atomic E-state index is 0.00552. The molecule has 2 N–H and O–H groups in total. The third-order valence-corrected chi connectivity index (χ3v) is 4.68. The average molecular weight is 343 g/mol. The predicted molar refractivity (Wildman–Crippen MR) is 92.2 cm³/mol. The quantitative estimate of drug-likeness (QED) is 0.824. The van der Waals surface area contributed by atoms with E-state index in [1.807, 2.05) is 0 Å². The second-order valence-electron chi connectivity index (χ2n) is 6.46. The number of carbonyl (C=O) groups is 2. The fraction of sp³-hybridized carbons (Fsp3) is 0.444. The lowest BCUT2D eigenvalue weighted by molar-refractivity contribution is -0.125. The molecule has 0 aliphatic heterocycles. The van der Waals surface area contributed by atoms with Gasteiger partial charge in [-0.05, 0) is 24.8 Å². The fourth-order valence-corrected chi connectivity index (χ4v) is 3.25. The van der Waals surface area contributed by atoms with E-state index in [4.69, 9.17) is 4.74 Å². The molecule has 0 radical (unpaired) electrons. The molecule has 132 valence electrons. The van der Waals surface area contributed by atoms with Crippen molar-refractivity contribution in [3.05, 3.63) is 40.3 Å². The van der Waals surface area contributed by atoms with Crippen LogP contribution in [0.2, 0.25) is 0 Å². The highest BCUT2D eigenvalue weighted by Crippen LogP contribution is 2.23. The van der Waals surface area contributed by atoms with Crippen molar-refractivity contribution in [2.45, 2.75) is 38.6 Å². The van der Waals surface area contributed by atoms with Crippen molar-refractivity contribution >= 4 is 22.6 Å². The van der Waals surface area contributed by atoms with Gasteiger partial charge in [0.15, 0.2) is 12.3 Å². The standard InChI is InChI=1S/C18H21N3O4/c1-11-6-2-5-9-14(11)19-15(22)10-25-18(24)16-12-7-3-4-8-13(12)17(23)21-20-16/h3-4,7-8,11,14H,2,5-6,9-10H2,1H3,(H,19,22)(H,21,23)/t11-,14-/m1/s1. The summed E-state index contributed by atoms with van der Waals surface area (Å²) in [4.78, 5) is 36.0. The minimum atomic E-state index is -0.737. The zero-order valence-electron chi connectivity index (χ0n) is 14.1. The molecular formula is C18H21N3O4. The monoisotopic (exact) mass is 343 g/mol. The van der Waals surface area contributed by atoms with Gasteiger partial charge < -0.3 is 10.1 Å². The third kappa shape index (κ3) is 3.87. The van der Waals surface area contributed by atoms with Crippen molar-refractivity contribution in [1.29, 1.82) is 0 Å². The number of amides is 1. The number of aromatic nitrogens is 2. The Morgan fingerprint density at radius 3 is 2.72 bits per heavy atom.